The fraction of sp³-hybridized carbons (Fsp3) is 0.414. The highest BCUT2D eigenvalue weighted by Gasteiger charge is 2.41. The molecule has 3 aliphatic rings. The van der Waals surface area contributed by atoms with Crippen LogP contribution in [0.15, 0.2) is 54.6 Å². The van der Waals surface area contributed by atoms with Crippen LogP contribution in [0, 0.1) is 24.2 Å². The molecule has 35 heavy (non-hydrogen) atoms. The number of piperidine rings is 3. The molecule has 1 aromatic heterocycles. The molecule has 180 valence electrons. The molecule has 0 aliphatic carbocycles. The van der Waals surface area contributed by atoms with Crippen LogP contribution in [0.25, 0.3) is 11.3 Å². The van der Waals surface area contributed by atoms with Crippen LogP contribution >= 0.6 is 0 Å². The highest BCUT2D eigenvalue weighted by Crippen LogP contribution is 2.41. The van der Waals surface area contributed by atoms with Crippen LogP contribution in [0.2, 0.25) is 0 Å². The third kappa shape index (κ3) is 5.22. The van der Waals surface area contributed by atoms with Gasteiger partial charge in [-0.25, -0.2) is 9.97 Å². The predicted molar refractivity (Wildman–Crippen MR) is 140 cm³/mol. The maximum Gasteiger partial charge on any atom is 0.126 e. The van der Waals surface area contributed by atoms with Crippen LogP contribution < -0.4 is 10.2 Å². The average molecular weight is 467 g/mol. The fourth-order valence-corrected chi connectivity index (χ4v) is 5.68. The number of aromatic nitrogens is 2. The Balaban J connectivity index is 1.25. The number of hydrogen-bond donors (Lipinski definition) is 1. The average Bonchev–Trinajstić information content (AvgIpc) is 2.89. The molecule has 2 bridgehead atoms. The minimum atomic E-state index is 0.466. The zero-order valence-electron chi connectivity index (χ0n) is 20.9. The van der Waals surface area contributed by atoms with Crippen molar-refractivity contribution in [3.05, 3.63) is 77.2 Å². The van der Waals surface area contributed by atoms with Gasteiger partial charge in [0.2, 0.25) is 0 Å². The first-order valence-electron chi connectivity index (χ1n) is 12.6. The standard InChI is InChI=1S/C29H34N6/c1-20-32-28(23-7-9-25(10-8-23)34(2)3)15-29(33-20)27-19-35-12-11-24(27)14-26(35)18-31-17-22-6-4-5-21(13-22)16-30/h4-10,13,15,24,26-27,31H,11-12,14,17-19H2,1-3H3. The Morgan fingerprint density at radius 3 is 2.66 bits per heavy atom. The second kappa shape index (κ2) is 10.2. The lowest BCUT2D eigenvalue weighted by atomic mass is 9.74. The number of aryl methyl sites for hydroxylation is 1. The monoisotopic (exact) mass is 466 g/mol. The van der Waals surface area contributed by atoms with Crippen molar-refractivity contribution in [3.8, 4) is 17.3 Å². The van der Waals surface area contributed by atoms with Crippen molar-refractivity contribution < 1.29 is 0 Å². The predicted octanol–water partition coefficient (Wildman–Crippen LogP) is 4.36. The minimum Gasteiger partial charge on any atom is -0.378 e. The first-order chi connectivity index (χ1) is 17.0. The molecule has 2 aromatic carbocycles. The number of nitrogens with zero attached hydrogens (tertiary/aromatic N) is 5. The van der Waals surface area contributed by atoms with E-state index >= 15 is 0 Å². The maximum absolute atomic E-state index is 9.12. The smallest absolute Gasteiger partial charge is 0.126 e. The zero-order valence-corrected chi connectivity index (χ0v) is 20.9. The maximum atomic E-state index is 9.12. The SMILES string of the molecule is Cc1nc(-c2ccc(N(C)C)cc2)cc(C2CN3CCC2CC3CNCc2cccc(C#N)c2)n1. The van der Waals surface area contributed by atoms with Crippen molar-refractivity contribution in [1.29, 1.82) is 5.26 Å². The fourth-order valence-electron chi connectivity index (χ4n) is 5.68. The van der Waals surface area contributed by atoms with Gasteiger partial charge >= 0.3 is 0 Å². The van der Waals surface area contributed by atoms with E-state index in [4.69, 9.17) is 15.2 Å². The van der Waals surface area contributed by atoms with Crippen molar-refractivity contribution >= 4 is 5.69 Å². The van der Waals surface area contributed by atoms with E-state index < -0.39 is 0 Å². The van der Waals surface area contributed by atoms with E-state index in [9.17, 15) is 0 Å². The lowest BCUT2D eigenvalue weighted by Gasteiger charge is -2.50. The van der Waals surface area contributed by atoms with Crippen LogP contribution in [0.4, 0.5) is 5.69 Å². The van der Waals surface area contributed by atoms with Crippen molar-refractivity contribution in [1.82, 2.24) is 20.2 Å². The molecule has 3 aromatic rings. The highest BCUT2D eigenvalue weighted by molar-refractivity contribution is 5.63. The Bertz CT molecular complexity index is 1210. The molecule has 0 saturated carbocycles. The van der Waals surface area contributed by atoms with Crippen molar-refractivity contribution in [2.24, 2.45) is 5.92 Å². The number of fused-ring (bicyclic) bond motifs is 3. The van der Waals surface area contributed by atoms with Crippen molar-refractivity contribution in [3.63, 3.8) is 0 Å². The Hall–Kier alpha value is -3.27. The Kier molecular flexibility index (Phi) is 6.81. The van der Waals surface area contributed by atoms with Gasteiger partial charge in [0.05, 0.1) is 17.3 Å². The van der Waals surface area contributed by atoms with E-state index in [0.29, 0.717) is 17.9 Å². The highest BCUT2D eigenvalue weighted by atomic mass is 15.2. The summed E-state index contributed by atoms with van der Waals surface area (Å²) in [6.45, 7) is 6.02. The van der Waals surface area contributed by atoms with Crippen LogP contribution in [0.1, 0.15) is 41.4 Å². The molecule has 3 saturated heterocycles. The van der Waals surface area contributed by atoms with Gasteiger partial charge in [-0.2, -0.15) is 5.26 Å². The summed E-state index contributed by atoms with van der Waals surface area (Å²) in [7, 11) is 4.12. The van der Waals surface area contributed by atoms with Gasteiger partial charge in [-0.15, -0.1) is 0 Å². The minimum absolute atomic E-state index is 0.466. The Labute approximate surface area is 208 Å². The summed E-state index contributed by atoms with van der Waals surface area (Å²) in [4.78, 5) is 14.4. The lowest BCUT2D eigenvalue weighted by Crippen LogP contribution is -2.55. The van der Waals surface area contributed by atoms with Gasteiger partial charge in [0.25, 0.3) is 0 Å². The topological polar surface area (TPSA) is 68.1 Å². The van der Waals surface area contributed by atoms with Gasteiger partial charge in [-0.3, -0.25) is 4.90 Å². The molecule has 0 radical (unpaired) electrons. The molecule has 6 nitrogen and oxygen atoms in total. The van der Waals surface area contributed by atoms with E-state index in [0.717, 1.165) is 42.3 Å². The summed E-state index contributed by atoms with van der Waals surface area (Å²) in [6, 6.07) is 21.5. The quantitative estimate of drug-likeness (QED) is 0.558. The summed E-state index contributed by atoms with van der Waals surface area (Å²) < 4.78 is 0. The van der Waals surface area contributed by atoms with Gasteiger partial charge in [0.1, 0.15) is 5.82 Å². The number of rotatable bonds is 7. The third-order valence-corrected chi connectivity index (χ3v) is 7.56. The normalized spacial score (nSPS) is 23.1. The molecule has 0 amide bonds. The Morgan fingerprint density at radius 2 is 1.94 bits per heavy atom. The molecule has 1 N–H and O–H groups in total. The summed E-state index contributed by atoms with van der Waals surface area (Å²) in [5.74, 6) is 1.98. The van der Waals surface area contributed by atoms with Gasteiger partial charge in [0.15, 0.2) is 0 Å². The Morgan fingerprint density at radius 1 is 1.11 bits per heavy atom. The van der Waals surface area contributed by atoms with Crippen LogP contribution in [0.3, 0.4) is 0 Å². The van der Waals surface area contributed by atoms with E-state index in [-0.39, 0.29) is 0 Å². The molecular weight excluding hydrogens is 432 g/mol. The van der Waals surface area contributed by atoms with E-state index in [2.05, 4.69) is 71.7 Å². The van der Waals surface area contributed by atoms with Gasteiger partial charge in [-0.1, -0.05) is 24.3 Å². The molecule has 4 atom stereocenters. The number of anilines is 1. The van der Waals surface area contributed by atoms with Crippen molar-refractivity contribution in [2.75, 3.05) is 38.6 Å². The number of nitriles is 1. The first kappa shape index (κ1) is 23.5. The largest absolute Gasteiger partial charge is 0.378 e. The number of benzene rings is 2. The summed E-state index contributed by atoms with van der Waals surface area (Å²) in [5, 5.41) is 12.8. The molecule has 6 rings (SSSR count). The van der Waals surface area contributed by atoms with Gasteiger partial charge in [0, 0.05) is 62.6 Å². The number of nitrogens with one attached hydrogen (secondary N) is 1. The molecule has 3 fully saturated rings. The zero-order chi connectivity index (χ0) is 24.4. The van der Waals surface area contributed by atoms with Crippen LogP contribution in [-0.4, -0.2) is 54.6 Å². The molecule has 4 heterocycles. The molecule has 6 heteroatoms. The molecule has 4 unspecified atom stereocenters. The molecule has 0 spiro atoms. The van der Waals surface area contributed by atoms with E-state index in [1.807, 2.05) is 25.1 Å². The van der Waals surface area contributed by atoms with Crippen molar-refractivity contribution in [2.45, 2.75) is 38.3 Å². The van der Waals surface area contributed by atoms with Gasteiger partial charge < -0.3 is 10.2 Å². The second-order valence-electron chi connectivity index (χ2n) is 10.1. The number of hydrogen-bond acceptors (Lipinski definition) is 6. The lowest BCUT2D eigenvalue weighted by molar-refractivity contribution is 0.0292. The molecular formula is C29H34N6. The molecule has 3 aliphatic heterocycles. The van der Waals surface area contributed by atoms with E-state index in [1.165, 1.54) is 36.3 Å². The van der Waals surface area contributed by atoms with E-state index in [1.54, 1.807) is 0 Å². The van der Waals surface area contributed by atoms with Crippen LogP contribution in [-0.2, 0) is 6.54 Å². The summed E-state index contributed by atoms with van der Waals surface area (Å²) >= 11 is 0. The van der Waals surface area contributed by atoms with Crippen LogP contribution in [0.5, 0.6) is 0 Å². The third-order valence-electron chi connectivity index (χ3n) is 7.56. The van der Waals surface area contributed by atoms with Gasteiger partial charge in [-0.05, 0) is 68.1 Å². The summed E-state index contributed by atoms with van der Waals surface area (Å²) in [5.41, 5.74) is 6.44. The second-order valence-corrected chi connectivity index (χ2v) is 10.1. The first-order valence-corrected chi connectivity index (χ1v) is 12.6. The summed E-state index contributed by atoms with van der Waals surface area (Å²) in [6.07, 6.45) is 2.44.